The van der Waals surface area contributed by atoms with Gasteiger partial charge >= 0.3 is 6.16 Å². The Hall–Kier alpha value is -2.87. The fourth-order valence-electron chi connectivity index (χ4n) is 2.33. The standard InChI is InChI=1S/C14H12N2O6/c1-2-3-16-5-10(22-14(19)20)12(18)7-4-9-11(15-13(7)16)8(17)6-21-9/h2,4-5,8,17H,1,3,6H2,(H,19,20). The van der Waals surface area contributed by atoms with Crippen molar-refractivity contribution in [3.63, 3.8) is 0 Å². The predicted octanol–water partition coefficient (Wildman–Crippen LogP) is 1.07. The van der Waals surface area contributed by atoms with Crippen LogP contribution in [0.3, 0.4) is 0 Å². The van der Waals surface area contributed by atoms with Crippen molar-refractivity contribution < 1.29 is 24.5 Å². The second kappa shape index (κ2) is 5.15. The summed E-state index contributed by atoms with van der Waals surface area (Å²) in [5.41, 5.74) is 0.0283. The highest BCUT2D eigenvalue weighted by atomic mass is 16.7. The van der Waals surface area contributed by atoms with E-state index in [2.05, 4.69) is 16.3 Å². The molecule has 1 aliphatic heterocycles. The van der Waals surface area contributed by atoms with Gasteiger partial charge in [-0.05, 0) is 6.07 Å². The first kappa shape index (κ1) is 14.1. The molecule has 3 heterocycles. The van der Waals surface area contributed by atoms with Gasteiger partial charge in [-0.2, -0.15) is 0 Å². The Labute approximate surface area is 123 Å². The third-order valence-electron chi connectivity index (χ3n) is 3.24. The monoisotopic (exact) mass is 304 g/mol. The maximum absolute atomic E-state index is 12.3. The van der Waals surface area contributed by atoms with Gasteiger partial charge in [0.05, 0.1) is 11.6 Å². The number of carbonyl (C=O) groups is 1. The molecule has 114 valence electrons. The molecule has 2 aromatic heterocycles. The van der Waals surface area contributed by atoms with Crippen LogP contribution in [0.1, 0.15) is 11.8 Å². The fraction of sp³-hybridized carbons (Fsp3) is 0.214. The molecule has 0 amide bonds. The minimum Gasteiger partial charge on any atom is -0.488 e. The maximum Gasteiger partial charge on any atom is 0.511 e. The average Bonchev–Trinajstić information content (AvgIpc) is 2.83. The zero-order chi connectivity index (χ0) is 15.9. The highest BCUT2D eigenvalue weighted by Gasteiger charge is 2.26. The molecular formula is C14H12N2O6. The van der Waals surface area contributed by atoms with Gasteiger partial charge in [-0.1, -0.05) is 6.08 Å². The summed E-state index contributed by atoms with van der Waals surface area (Å²) in [7, 11) is 0. The molecule has 0 aromatic carbocycles. The molecule has 0 fully saturated rings. The van der Waals surface area contributed by atoms with Gasteiger partial charge in [0.15, 0.2) is 5.75 Å². The van der Waals surface area contributed by atoms with Crippen LogP contribution in [-0.4, -0.2) is 32.5 Å². The number of pyridine rings is 2. The smallest absolute Gasteiger partial charge is 0.488 e. The number of aliphatic hydroxyl groups is 1. The molecule has 3 rings (SSSR count). The van der Waals surface area contributed by atoms with E-state index in [0.29, 0.717) is 17.1 Å². The lowest BCUT2D eigenvalue weighted by atomic mass is 10.2. The fourth-order valence-corrected chi connectivity index (χ4v) is 2.33. The Morgan fingerprint density at radius 3 is 3.09 bits per heavy atom. The van der Waals surface area contributed by atoms with Crippen LogP contribution in [0.25, 0.3) is 11.0 Å². The van der Waals surface area contributed by atoms with Crippen molar-refractivity contribution in [3.8, 4) is 11.5 Å². The molecule has 8 nitrogen and oxygen atoms in total. The highest BCUT2D eigenvalue weighted by Crippen LogP contribution is 2.32. The Morgan fingerprint density at radius 1 is 1.64 bits per heavy atom. The molecule has 1 unspecified atom stereocenters. The minimum absolute atomic E-state index is 0.0623. The van der Waals surface area contributed by atoms with Crippen LogP contribution in [0.5, 0.6) is 11.5 Å². The lowest BCUT2D eigenvalue weighted by Crippen LogP contribution is -2.17. The van der Waals surface area contributed by atoms with E-state index in [1.165, 1.54) is 16.8 Å². The van der Waals surface area contributed by atoms with Crippen molar-refractivity contribution in [1.82, 2.24) is 9.55 Å². The second-order valence-electron chi connectivity index (χ2n) is 4.70. The summed E-state index contributed by atoms with van der Waals surface area (Å²) in [4.78, 5) is 27.3. The molecule has 1 atom stereocenters. The van der Waals surface area contributed by atoms with Crippen molar-refractivity contribution >= 4 is 17.2 Å². The van der Waals surface area contributed by atoms with E-state index in [4.69, 9.17) is 9.84 Å². The quantitative estimate of drug-likeness (QED) is 0.644. The summed E-state index contributed by atoms with van der Waals surface area (Å²) < 4.78 is 11.3. The summed E-state index contributed by atoms with van der Waals surface area (Å²) in [5, 5.41) is 18.7. The molecular weight excluding hydrogens is 292 g/mol. The van der Waals surface area contributed by atoms with Crippen LogP contribution in [0.15, 0.2) is 29.7 Å². The van der Waals surface area contributed by atoms with Crippen LogP contribution in [0.2, 0.25) is 0 Å². The number of aromatic nitrogens is 2. The topological polar surface area (TPSA) is 111 Å². The van der Waals surface area contributed by atoms with Crippen molar-refractivity contribution in [2.24, 2.45) is 0 Å². The van der Waals surface area contributed by atoms with Crippen LogP contribution < -0.4 is 14.9 Å². The van der Waals surface area contributed by atoms with Crippen molar-refractivity contribution in [2.45, 2.75) is 12.6 Å². The number of nitrogens with zero attached hydrogens (tertiary/aromatic N) is 2. The van der Waals surface area contributed by atoms with Gasteiger partial charge in [-0.25, -0.2) is 9.78 Å². The lowest BCUT2D eigenvalue weighted by Gasteiger charge is -2.11. The van der Waals surface area contributed by atoms with E-state index in [-0.39, 0.29) is 24.3 Å². The number of aliphatic hydroxyl groups excluding tert-OH is 1. The average molecular weight is 304 g/mol. The largest absolute Gasteiger partial charge is 0.511 e. The van der Waals surface area contributed by atoms with Crippen LogP contribution >= 0.6 is 0 Å². The molecule has 2 N–H and O–H groups in total. The lowest BCUT2D eigenvalue weighted by molar-refractivity contribution is 0.138. The first-order chi connectivity index (χ1) is 10.5. The molecule has 1 aliphatic rings. The molecule has 0 bridgehead atoms. The summed E-state index contributed by atoms with van der Waals surface area (Å²) in [6, 6.07) is 1.44. The predicted molar refractivity (Wildman–Crippen MR) is 75.3 cm³/mol. The zero-order valence-corrected chi connectivity index (χ0v) is 11.4. The molecule has 0 aliphatic carbocycles. The van der Waals surface area contributed by atoms with E-state index in [1.54, 1.807) is 6.08 Å². The third-order valence-corrected chi connectivity index (χ3v) is 3.24. The summed E-state index contributed by atoms with van der Waals surface area (Å²) in [6.07, 6.45) is 0.377. The zero-order valence-electron chi connectivity index (χ0n) is 11.4. The van der Waals surface area contributed by atoms with Gasteiger partial charge in [0.1, 0.15) is 29.8 Å². The molecule has 22 heavy (non-hydrogen) atoms. The molecule has 2 aromatic rings. The van der Waals surface area contributed by atoms with Gasteiger partial charge < -0.3 is 24.3 Å². The van der Waals surface area contributed by atoms with Crippen molar-refractivity contribution in [3.05, 3.63) is 40.8 Å². The first-order valence-electron chi connectivity index (χ1n) is 6.42. The summed E-state index contributed by atoms with van der Waals surface area (Å²) >= 11 is 0. The Morgan fingerprint density at radius 2 is 2.41 bits per heavy atom. The number of rotatable bonds is 3. The van der Waals surface area contributed by atoms with Gasteiger partial charge in [-0.3, -0.25) is 4.79 Å². The highest BCUT2D eigenvalue weighted by molar-refractivity contribution is 5.79. The van der Waals surface area contributed by atoms with Crippen molar-refractivity contribution in [2.75, 3.05) is 6.61 Å². The SMILES string of the molecule is C=CCn1cc(OC(=O)O)c(=O)c2cc3c(nc21)C(O)CO3. The Balaban J connectivity index is 2.31. The molecule has 0 saturated heterocycles. The van der Waals surface area contributed by atoms with Crippen LogP contribution in [0, 0.1) is 0 Å². The maximum atomic E-state index is 12.3. The van der Waals surface area contributed by atoms with E-state index in [1.807, 2.05) is 0 Å². The number of allylic oxidation sites excluding steroid dienone is 1. The van der Waals surface area contributed by atoms with E-state index < -0.39 is 17.7 Å². The first-order valence-corrected chi connectivity index (χ1v) is 6.42. The van der Waals surface area contributed by atoms with E-state index >= 15 is 0 Å². The van der Waals surface area contributed by atoms with Crippen molar-refractivity contribution in [1.29, 1.82) is 0 Å². The number of ether oxygens (including phenoxy) is 2. The van der Waals surface area contributed by atoms with Gasteiger partial charge in [0.2, 0.25) is 5.43 Å². The minimum atomic E-state index is -1.58. The molecule has 0 spiro atoms. The number of hydrogen-bond donors (Lipinski definition) is 2. The van der Waals surface area contributed by atoms with Gasteiger partial charge in [0, 0.05) is 6.54 Å². The van der Waals surface area contributed by atoms with Gasteiger partial charge in [0.25, 0.3) is 0 Å². The summed E-state index contributed by atoms with van der Waals surface area (Å²) in [5.74, 6) is -0.0307. The Bertz CT molecular complexity index is 841. The van der Waals surface area contributed by atoms with Crippen LogP contribution in [-0.2, 0) is 6.54 Å². The normalized spacial score (nSPS) is 16.1. The molecule has 0 radical (unpaired) electrons. The molecule has 8 heteroatoms. The number of carboxylic acid groups (broad SMARTS) is 1. The van der Waals surface area contributed by atoms with E-state index in [9.17, 15) is 14.7 Å². The van der Waals surface area contributed by atoms with Gasteiger partial charge in [-0.15, -0.1) is 6.58 Å². The number of hydrogen-bond acceptors (Lipinski definition) is 6. The van der Waals surface area contributed by atoms with Crippen LogP contribution in [0.4, 0.5) is 4.79 Å². The summed E-state index contributed by atoms with van der Waals surface area (Å²) in [6.45, 7) is 3.95. The molecule has 0 saturated carbocycles. The second-order valence-corrected chi connectivity index (χ2v) is 4.70. The van der Waals surface area contributed by atoms with E-state index in [0.717, 1.165) is 0 Å². The third kappa shape index (κ3) is 2.19. The Kier molecular flexibility index (Phi) is 3.30. The number of fused-ring (bicyclic) bond motifs is 2.